The number of carbonyl (C=O) groups is 1. The Morgan fingerprint density at radius 1 is 1.14 bits per heavy atom. The van der Waals surface area contributed by atoms with Crippen LogP contribution in [0, 0.1) is 0 Å². The molecule has 0 saturated carbocycles. The first-order valence-corrected chi connectivity index (χ1v) is 10.4. The largest absolute Gasteiger partial charge is 0.493 e. The molecule has 0 aliphatic rings. The number of hydrogen-bond donors (Lipinski definition) is 1. The predicted molar refractivity (Wildman–Crippen MR) is 111 cm³/mol. The van der Waals surface area contributed by atoms with Gasteiger partial charge in [0.1, 0.15) is 11.4 Å². The summed E-state index contributed by atoms with van der Waals surface area (Å²) < 4.78 is 15.8. The van der Waals surface area contributed by atoms with Crippen LogP contribution in [0.4, 0.5) is 5.82 Å². The maximum absolute atomic E-state index is 12.5. The standard InChI is InChI=1S/C20H27N3O4S/c1-6-14-17(19(24)27-7-2)18(23-20(22-14)28-5)21-11-10-13-8-9-15(25-3)16(12-13)26-4/h8-9,12H,6-7,10-11H2,1-5H3,(H,21,22,23). The quantitative estimate of drug-likeness (QED) is 0.365. The zero-order chi connectivity index (χ0) is 20.5. The van der Waals surface area contributed by atoms with Crippen LogP contribution in [0.15, 0.2) is 23.4 Å². The summed E-state index contributed by atoms with van der Waals surface area (Å²) in [6, 6.07) is 5.81. The molecule has 0 fully saturated rings. The molecule has 8 heteroatoms. The van der Waals surface area contributed by atoms with Crippen LogP contribution in [0.5, 0.6) is 11.5 Å². The minimum Gasteiger partial charge on any atom is -0.493 e. The van der Waals surface area contributed by atoms with Crippen LogP contribution in [0.1, 0.15) is 35.5 Å². The van der Waals surface area contributed by atoms with Gasteiger partial charge < -0.3 is 19.5 Å². The number of nitrogens with one attached hydrogen (secondary N) is 1. The highest BCUT2D eigenvalue weighted by atomic mass is 32.2. The van der Waals surface area contributed by atoms with Crippen molar-refractivity contribution < 1.29 is 19.0 Å². The van der Waals surface area contributed by atoms with E-state index < -0.39 is 5.97 Å². The lowest BCUT2D eigenvalue weighted by molar-refractivity contribution is 0.0525. The number of nitrogens with zero attached hydrogens (tertiary/aromatic N) is 2. The average molecular weight is 406 g/mol. The van der Waals surface area contributed by atoms with Crippen molar-refractivity contribution in [1.29, 1.82) is 0 Å². The van der Waals surface area contributed by atoms with Crippen LogP contribution < -0.4 is 14.8 Å². The first-order chi connectivity index (χ1) is 13.6. The topological polar surface area (TPSA) is 82.6 Å². The van der Waals surface area contributed by atoms with Crippen LogP contribution >= 0.6 is 11.8 Å². The molecule has 0 bridgehead atoms. The second kappa shape index (κ2) is 10.8. The molecule has 0 radical (unpaired) electrons. The van der Waals surface area contributed by atoms with Crippen molar-refractivity contribution in [2.45, 2.75) is 31.8 Å². The van der Waals surface area contributed by atoms with Gasteiger partial charge in [0, 0.05) is 6.54 Å². The number of benzene rings is 1. The Morgan fingerprint density at radius 2 is 1.89 bits per heavy atom. The Morgan fingerprint density at radius 3 is 2.50 bits per heavy atom. The van der Waals surface area contributed by atoms with Gasteiger partial charge in [-0.25, -0.2) is 14.8 Å². The van der Waals surface area contributed by atoms with Crippen LogP contribution in [-0.4, -0.2) is 49.6 Å². The van der Waals surface area contributed by atoms with Crippen LogP contribution in [0.2, 0.25) is 0 Å². The molecular formula is C20H27N3O4S. The van der Waals surface area contributed by atoms with E-state index in [-0.39, 0.29) is 0 Å². The summed E-state index contributed by atoms with van der Waals surface area (Å²) in [5.41, 5.74) is 2.18. The normalized spacial score (nSPS) is 10.5. The van der Waals surface area contributed by atoms with Gasteiger partial charge in [0.2, 0.25) is 0 Å². The molecule has 0 aliphatic carbocycles. The highest BCUT2D eigenvalue weighted by molar-refractivity contribution is 7.98. The van der Waals surface area contributed by atoms with Gasteiger partial charge in [0.15, 0.2) is 16.7 Å². The number of ether oxygens (including phenoxy) is 3. The van der Waals surface area contributed by atoms with Crippen molar-refractivity contribution in [3.8, 4) is 11.5 Å². The molecule has 2 rings (SSSR count). The van der Waals surface area contributed by atoms with Crippen molar-refractivity contribution in [2.75, 3.05) is 38.9 Å². The lowest BCUT2D eigenvalue weighted by Crippen LogP contribution is -2.17. The summed E-state index contributed by atoms with van der Waals surface area (Å²) in [6.45, 7) is 4.64. The van der Waals surface area contributed by atoms with Gasteiger partial charge >= 0.3 is 5.97 Å². The summed E-state index contributed by atoms with van der Waals surface area (Å²) in [7, 11) is 3.22. The molecule has 2 aromatic rings. The van der Waals surface area contributed by atoms with E-state index in [1.54, 1.807) is 21.1 Å². The number of carbonyl (C=O) groups excluding carboxylic acids is 1. The molecule has 0 amide bonds. The van der Waals surface area contributed by atoms with E-state index in [1.807, 2.05) is 31.4 Å². The Balaban J connectivity index is 2.21. The van der Waals surface area contributed by atoms with Crippen molar-refractivity contribution in [3.05, 3.63) is 35.0 Å². The van der Waals surface area contributed by atoms with Gasteiger partial charge in [-0.1, -0.05) is 24.8 Å². The number of thioether (sulfide) groups is 1. The third-order valence-electron chi connectivity index (χ3n) is 4.11. The second-order valence-corrected chi connectivity index (χ2v) is 6.59. The summed E-state index contributed by atoms with van der Waals surface area (Å²) >= 11 is 1.44. The van der Waals surface area contributed by atoms with E-state index in [0.29, 0.717) is 53.3 Å². The van der Waals surface area contributed by atoms with Gasteiger partial charge in [0.25, 0.3) is 0 Å². The number of aryl methyl sites for hydroxylation is 1. The second-order valence-electron chi connectivity index (χ2n) is 5.82. The fourth-order valence-corrected chi connectivity index (χ4v) is 3.12. The molecule has 0 unspecified atom stereocenters. The maximum Gasteiger partial charge on any atom is 0.343 e. The van der Waals surface area contributed by atoms with E-state index in [2.05, 4.69) is 15.3 Å². The van der Waals surface area contributed by atoms with Gasteiger partial charge in [-0.15, -0.1) is 0 Å². The zero-order valence-electron chi connectivity index (χ0n) is 17.0. The van der Waals surface area contributed by atoms with Gasteiger partial charge in [-0.2, -0.15) is 0 Å². The van der Waals surface area contributed by atoms with E-state index in [9.17, 15) is 4.79 Å². The Bertz CT molecular complexity index is 814. The van der Waals surface area contributed by atoms with Gasteiger partial charge in [-0.3, -0.25) is 0 Å². The van der Waals surface area contributed by atoms with Crippen molar-refractivity contribution >= 4 is 23.5 Å². The highest BCUT2D eigenvalue weighted by Gasteiger charge is 2.21. The molecular weight excluding hydrogens is 378 g/mol. The average Bonchev–Trinajstić information content (AvgIpc) is 2.72. The third-order valence-corrected chi connectivity index (χ3v) is 4.66. The van der Waals surface area contributed by atoms with E-state index in [0.717, 1.165) is 12.0 Å². The first-order valence-electron chi connectivity index (χ1n) is 9.14. The summed E-state index contributed by atoms with van der Waals surface area (Å²) in [5.74, 6) is 1.49. The van der Waals surface area contributed by atoms with Crippen molar-refractivity contribution in [2.24, 2.45) is 0 Å². The molecule has 7 nitrogen and oxygen atoms in total. The molecule has 152 valence electrons. The fraction of sp³-hybridized carbons (Fsp3) is 0.450. The van der Waals surface area contributed by atoms with Crippen molar-refractivity contribution in [1.82, 2.24) is 9.97 Å². The SMILES string of the molecule is CCOC(=O)c1c(CC)nc(SC)nc1NCCc1ccc(OC)c(OC)c1. The van der Waals surface area contributed by atoms with Gasteiger partial charge in [0.05, 0.1) is 26.5 Å². The molecule has 1 heterocycles. The Hall–Kier alpha value is -2.48. The number of methoxy groups -OCH3 is 2. The number of rotatable bonds is 10. The predicted octanol–water partition coefficient (Wildman–Crippen LogP) is 3.61. The van der Waals surface area contributed by atoms with Crippen molar-refractivity contribution in [3.63, 3.8) is 0 Å². The number of aromatic nitrogens is 2. The molecule has 1 aromatic heterocycles. The molecule has 28 heavy (non-hydrogen) atoms. The lowest BCUT2D eigenvalue weighted by atomic mass is 10.1. The Labute approximate surface area is 170 Å². The zero-order valence-corrected chi connectivity index (χ0v) is 17.8. The molecule has 1 N–H and O–H groups in total. The van der Waals surface area contributed by atoms with E-state index in [1.165, 1.54) is 11.8 Å². The molecule has 0 aliphatic heterocycles. The Kier molecular flexibility index (Phi) is 8.38. The third kappa shape index (κ3) is 5.28. The van der Waals surface area contributed by atoms with E-state index >= 15 is 0 Å². The monoisotopic (exact) mass is 405 g/mol. The van der Waals surface area contributed by atoms with Crippen LogP contribution in [0.25, 0.3) is 0 Å². The first kappa shape index (κ1) is 21.8. The molecule has 1 aromatic carbocycles. The molecule has 0 saturated heterocycles. The molecule has 0 atom stereocenters. The molecule has 0 spiro atoms. The number of esters is 1. The summed E-state index contributed by atoms with van der Waals surface area (Å²) in [5, 5.41) is 3.90. The number of hydrogen-bond acceptors (Lipinski definition) is 8. The number of anilines is 1. The fourth-order valence-electron chi connectivity index (χ4n) is 2.74. The van der Waals surface area contributed by atoms with Crippen LogP contribution in [0.3, 0.4) is 0 Å². The minimum atomic E-state index is -0.402. The van der Waals surface area contributed by atoms with E-state index in [4.69, 9.17) is 14.2 Å². The van der Waals surface area contributed by atoms with Gasteiger partial charge in [-0.05, 0) is 43.7 Å². The smallest absolute Gasteiger partial charge is 0.343 e. The van der Waals surface area contributed by atoms with Crippen LogP contribution in [-0.2, 0) is 17.6 Å². The summed E-state index contributed by atoms with van der Waals surface area (Å²) in [6.07, 6.45) is 3.25. The minimum absolute atomic E-state index is 0.303. The highest BCUT2D eigenvalue weighted by Crippen LogP contribution is 2.28. The summed E-state index contributed by atoms with van der Waals surface area (Å²) in [4.78, 5) is 21.4. The maximum atomic E-state index is 12.5. The lowest BCUT2D eigenvalue weighted by Gasteiger charge is -2.15.